The van der Waals surface area contributed by atoms with Crippen LogP contribution in [-0.2, 0) is 6.54 Å². The molecular weight excluding hydrogens is 225 g/mol. The fourth-order valence-electron chi connectivity index (χ4n) is 1.07. The van der Waals surface area contributed by atoms with Gasteiger partial charge in [-0.25, -0.2) is 0 Å². The first-order valence-corrected chi connectivity index (χ1v) is 5.74. The van der Waals surface area contributed by atoms with E-state index in [1.165, 1.54) is 0 Å². The van der Waals surface area contributed by atoms with Crippen molar-refractivity contribution >= 4 is 35.0 Å². The van der Waals surface area contributed by atoms with Crippen LogP contribution in [0, 0.1) is 0 Å². The Morgan fingerprint density at radius 1 is 1.38 bits per heavy atom. The Labute approximate surface area is 92.6 Å². The lowest BCUT2D eigenvalue weighted by molar-refractivity contribution is 1.03. The number of hydrogen-bond donors (Lipinski definition) is 1. The van der Waals surface area contributed by atoms with Crippen molar-refractivity contribution in [2.45, 2.75) is 18.4 Å². The lowest BCUT2D eigenvalue weighted by Crippen LogP contribution is -1.99. The zero-order valence-electron chi connectivity index (χ0n) is 7.31. The van der Waals surface area contributed by atoms with Gasteiger partial charge in [-0.15, -0.1) is 11.8 Å². The van der Waals surface area contributed by atoms with Crippen molar-refractivity contribution in [1.29, 1.82) is 0 Å². The van der Waals surface area contributed by atoms with E-state index in [-0.39, 0.29) is 0 Å². The predicted molar refractivity (Wildman–Crippen MR) is 60.8 cm³/mol. The maximum atomic E-state index is 6.03. The summed E-state index contributed by atoms with van der Waals surface area (Å²) < 4.78 is 0. The molecule has 2 N–H and O–H groups in total. The Hall–Kier alpha value is 0.110. The van der Waals surface area contributed by atoms with Gasteiger partial charge in [0.2, 0.25) is 0 Å². The molecule has 0 heterocycles. The van der Waals surface area contributed by atoms with E-state index in [9.17, 15) is 0 Å². The highest BCUT2D eigenvalue weighted by molar-refractivity contribution is 7.99. The first-order chi connectivity index (χ1) is 6.19. The molecule has 0 aromatic heterocycles. The van der Waals surface area contributed by atoms with Gasteiger partial charge in [-0.1, -0.05) is 30.1 Å². The third-order valence-electron chi connectivity index (χ3n) is 1.59. The summed E-state index contributed by atoms with van der Waals surface area (Å²) >= 11 is 13.6. The molecule has 4 heteroatoms. The van der Waals surface area contributed by atoms with E-state index in [2.05, 4.69) is 6.92 Å². The summed E-state index contributed by atoms with van der Waals surface area (Å²) in [5.74, 6) is 0.981. The SMILES string of the molecule is CCSc1c(Cl)cc(Cl)cc1CN. The monoisotopic (exact) mass is 235 g/mol. The minimum absolute atomic E-state index is 0.475. The van der Waals surface area contributed by atoms with Crippen molar-refractivity contribution in [3.8, 4) is 0 Å². The Morgan fingerprint density at radius 2 is 2.08 bits per heavy atom. The minimum atomic E-state index is 0.475. The van der Waals surface area contributed by atoms with Crippen LogP contribution in [-0.4, -0.2) is 5.75 Å². The molecule has 1 aromatic carbocycles. The van der Waals surface area contributed by atoms with E-state index in [1.807, 2.05) is 6.07 Å². The topological polar surface area (TPSA) is 26.0 Å². The second-order valence-corrected chi connectivity index (χ2v) is 4.63. The maximum Gasteiger partial charge on any atom is 0.0559 e. The summed E-state index contributed by atoms with van der Waals surface area (Å²) in [5.41, 5.74) is 6.61. The summed E-state index contributed by atoms with van der Waals surface area (Å²) in [5, 5.41) is 1.34. The van der Waals surface area contributed by atoms with Crippen molar-refractivity contribution in [1.82, 2.24) is 0 Å². The standard InChI is InChI=1S/C9H11Cl2NS/c1-2-13-9-6(5-12)3-7(10)4-8(9)11/h3-4H,2,5,12H2,1H3. The highest BCUT2D eigenvalue weighted by Gasteiger charge is 2.07. The summed E-state index contributed by atoms with van der Waals surface area (Å²) in [6.07, 6.45) is 0. The number of benzene rings is 1. The molecule has 13 heavy (non-hydrogen) atoms. The summed E-state index contributed by atoms with van der Waals surface area (Å²) in [6, 6.07) is 3.62. The van der Waals surface area contributed by atoms with Crippen LogP contribution in [0.1, 0.15) is 12.5 Å². The number of halogens is 2. The number of rotatable bonds is 3. The quantitative estimate of drug-likeness (QED) is 0.812. The van der Waals surface area contributed by atoms with Crippen LogP contribution >= 0.6 is 35.0 Å². The Kier molecular flexibility index (Phi) is 4.39. The predicted octanol–water partition coefficient (Wildman–Crippen LogP) is 3.56. The molecule has 0 spiro atoms. The molecule has 0 atom stereocenters. The second kappa shape index (κ2) is 5.11. The summed E-state index contributed by atoms with van der Waals surface area (Å²) in [6.45, 7) is 2.55. The average Bonchev–Trinajstić information content (AvgIpc) is 2.09. The molecule has 1 nitrogen and oxygen atoms in total. The van der Waals surface area contributed by atoms with Crippen LogP contribution in [0.3, 0.4) is 0 Å². The van der Waals surface area contributed by atoms with Crippen LogP contribution in [0.2, 0.25) is 10.0 Å². The van der Waals surface area contributed by atoms with Crippen molar-refractivity contribution in [3.63, 3.8) is 0 Å². The van der Waals surface area contributed by atoms with E-state index < -0.39 is 0 Å². The van der Waals surface area contributed by atoms with Gasteiger partial charge in [0.1, 0.15) is 0 Å². The van der Waals surface area contributed by atoms with Gasteiger partial charge in [-0.3, -0.25) is 0 Å². The highest BCUT2D eigenvalue weighted by atomic mass is 35.5. The first-order valence-electron chi connectivity index (χ1n) is 3.99. The van der Waals surface area contributed by atoms with E-state index in [0.29, 0.717) is 16.6 Å². The van der Waals surface area contributed by atoms with Crippen molar-refractivity contribution < 1.29 is 0 Å². The average molecular weight is 236 g/mol. The van der Waals surface area contributed by atoms with Gasteiger partial charge in [0.05, 0.1) is 5.02 Å². The lowest BCUT2D eigenvalue weighted by atomic mass is 10.2. The smallest absolute Gasteiger partial charge is 0.0559 e. The van der Waals surface area contributed by atoms with Crippen LogP contribution in [0.5, 0.6) is 0 Å². The Balaban J connectivity index is 3.13. The summed E-state index contributed by atoms with van der Waals surface area (Å²) in [7, 11) is 0. The maximum absolute atomic E-state index is 6.03. The van der Waals surface area contributed by atoms with Gasteiger partial charge in [-0.2, -0.15) is 0 Å². The summed E-state index contributed by atoms with van der Waals surface area (Å²) in [4.78, 5) is 1.05. The van der Waals surface area contributed by atoms with Gasteiger partial charge >= 0.3 is 0 Å². The van der Waals surface area contributed by atoms with E-state index in [0.717, 1.165) is 16.2 Å². The molecule has 0 fully saturated rings. The molecule has 0 amide bonds. The van der Waals surface area contributed by atoms with Crippen LogP contribution in [0.25, 0.3) is 0 Å². The fourth-order valence-corrected chi connectivity index (χ4v) is 2.58. The molecule has 0 bridgehead atoms. The van der Waals surface area contributed by atoms with Crippen LogP contribution in [0.4, 0.5) is 0 Å². The molecule has 72 valence electrons. The Bertz CT molecular complexity index is 302. The third kappa shape index (κ3) is 2.78. The van der Waals surface area contributed by atoms with Gasteiger partial charge < -0.3 is 5.73 Å². The number of hydrogen-bond acceptors (Lipinski definition) is 2. The van der Waals surface area contributed by atoms with Crippen molar-refractivity contribution in [2.24, 2.45) is 5.73 Å². The van der Waals surface area contributed by atoms with E-state index in [4.69, 9.17) is 28.9 Å². The molecule has 0 radical (unpaired) electrons. The zero-order chi connectivity index (χ0) is 9.84. The molecule has 1 rings (SSSR count). The van der Waals surface area contributed by atoms with Crippen LogP contribution in [0.15, 0.2) is 17.0 Å². The molecule has 0 saturated heterocycles. The zero-order valence-corrected chi connectivity index (χ0v) is 9.64. The molecule has 1 aromatic rings. The number of nitrogens with two attached hydrogens (primary N) is 1. The molecular formula is C9H11Cl2NS. The fraction of sp³-hybridized carbons (Fsp3) is 0.333. The molecule has 0 aliphatic carbocycles. The lowest BCUT2D eigenvalue weighted by Gasteiger charge is -2.08. The largest absolute Gasteiger partial charge is 0.326 e. The first kappa shape index (κ1) is 11.2. The molecule has 0 aliphatic rings. The number of thioether (sulfide) groups is 1. The molecule has 0 saturated carbocycles. The van der Waals surface area contributed by atoms with Gasteiger partial charge in [-0.05, 0) is 23.4 Å². The van der Waals surface area contributed by atoms with Gasteiger partial charge in [0.25, 0.3) is 0 Å². The third-order valence-corrected chi connectivity index (χ3v) is 3.28. The van der Waals surface area contributed by atoms with Crippen molar-refractivity contribution in [2.75, 3.05) is 5.75 Å². The minimum Gasteiger partial charge on any atom is -0.326 e. The van der Waals surface area contributed by atoms with Crippen LogP contribution < -0.4 is 5.73 Å². The van der Waals surface area contributed by atoms with Gasteiger partial charge in [0, 0.05) is 16.5 Å². The van der Waals surface area contributed by atoms with Crippen molar-refractivity contribution in [3.05, 3.63) is 27.7 Å². The molecule has 0 aliphatic heterocycles. The van der Waals surface area contributed by atoms with E-state index in [1.54, 1.807) is 17.8 Å². The second-order valence-electron chi connectivity index (χ2n) is 2.51. The van der Waals surface area contributed by atoms with E-state index >= 15 is 0 Å². The van der Waals surface area contributed by atoms with Gasteiger partial charge in [0.15, 0.2) is 0 Å². The molecule has 0 unspecified atom stereocenters. The Morgan fingerprint density at radius 3 is 2.62 bits per heavy atom. The normalized spacial score (nSPS) is 10.5. The highest BCUT2D eigenvalue weighted by Crippen LogP contribution is 2.33.